The Hall–Kier alpha value is -0.350. The lowest BCUT2D eigenvalue weighted by molar-refractivity contribution is 0.0947. The van der Waals surface area contributed by atoms with Crippen molar-refractivity contribution in [1.82, 2.24) is 5.32 Å². The molecule has 0 aromatic heterocycles. The number of rotatable bonds is 5. The van der Waals surface area contributed by atoms with Crippen LogP contribution in [-0.4, -0.2) is 17.8 Å². The zero-order valence-corrected chi connectivity index (χ0v) is 13.3. The third-order valence-electron chi connectivity index (χ3n) is 2.65. The van der Waals surface area contributed by atoms with E-state index in [4.69, 9.17) is 0 Å². The molecule has 0 aliphatic carbocycles. The van der Waals surface area contributed by atoms with E-state index in [9.17, 15) is 4.79 Å². The molecule has 0 saturated heterocycles. The molecule has 17 heavy (non-hydrogen) atoms. The number of hydrogen-bond acceptors (Lipinski definition) is 1. The number of halogens is 2. The van der Waals surface area contributed by atoms with Gasteiger partial charge in [-0.15, -0.1) is 0 Å². The summed E-state index contributed by atoms with van der Waals surface area (Å²) in [6.07, 6.45) is 1.06. The number of nitrogens with one attached hydrogen (secondary N) is 1. The predicted octanol–water partition coefficient (Wildman–Crippen LogP) is 3.91. The molecule has 1 N–H and O–H groups in total. The normalized spacial score (nSPS) is 12.2. The summed E-state index contributed by atoms with van der Waals surface area (Å²) in [5.74, 6) is 0.476. The van der Waals surface area contributed by atoms with E-state index in [1.807, 2.05) is 25.1 Å². The highest BCUT2D eigenvalue weighted by atomic mass is 79.9. The van der Waals surface area contributed by atoms with Crippen LogP contribution in [0.15, 0.2) is 22.7 Å². The van der Waals surface area contributed by atoms with Crippen molar-refractivity contribution in [2.75, 3.05) is 11.9 Å². The molecular formula is C13H17Br2NO. The largest absolute Gasteiger partial charge is 0.352 e. The van der Waals surface area contributed by atoms with Crippen molar-refractivity contribution in [2.45, 2.75) is 20.3 Å². The number of carbonyl (C=O) groups is 1. The van der Waals surface area contributed by atoms with Crippen LogP contribution < -0.4 is 5.32 Å². The van der Waals surface area contributed by atoms with Crippen molar-refractivity contribution in [3.05, 3.63) is 33.8 Å². The molecule has 0 radical (unpaired) electrons. The third kappa shape index (κ3) is 4.43. The topological polar surface area (TPSA) is 29.1 Å². The lowest BCUT2D eigenvalue weighted by Crippen LogP contribution is -2.28. The van der Waals surface area contributed by atoms with Crippen molar-refractivity contribution >= 4 is 37.8 Å². The minimum absolute atomic E-state index is 0.0120. The van der Waals surface area contributed by atoms with Gasteiger partial charge in [-0.25, -0.2) is 0 Å². The van der Waals surface area contributed by atoms with Gasteiger partial charge < -0.3 is 5.32 Å². The van der Waals surface area contributed by atoms with Gasteiger partial charge in [0.05, 0.1) is 5.56 Å². The SMILES string of the molecule is Cc1cccc(C(=O)NCC(C)CCBr)c1Br. The lowest BCUT2D eigenvalue weighted by Gasteiger charge is -2.12. The van der Waals surface area contributed by atoms with E-state index in [-0.39, 0.29) is 5.91 Å². The number of alkyl halides is 1. The summed E-state index contributed by atoms with van der Waals surface area (Å²) >= 11 is 6.85. The average Bonchev–Trinajstić information content (AvgIpc) is 2.30. The third-order valence-corrected chi connectivity index (χ3v) is 4.16. The minimum Gasteiger partial charge on any atom is -0.352 e. The Balaban J connectivity index is 2.61. The molecule has 0 aliphatic heterocycles. The first kappa shape index (κ1) is 14.7. The van der Waals surface area contributed by atoms with Crippen LogP contribution in [0.1, 0.15) is 29.3 Å². The first-order valence-electron chi connectivity index (χ1n) is 5.65. The number of hydrogen-bond donors (Lipinski definition) is 1. The van der Waals surface area contributed by atoms with E-state index < -0.39 is 0 Å². The minimum atomic E-state index is -0.0120. The molecule has 0 heterocycles. The zero-order chi connectivity index (χ0) is 12.8. The highest BCUT2D eigenvalue weighted by Crippen LogP contribution is 2.20. The predicted molar refractivity (Wildman–Crippen MR) is 78.8 cm³/mol. The quantitative estimate of drug-likeness (QED) is 0.790. The molecule has 0 saturated carbocycles. The first-order valence-corrected chi connectivity index (χ1v) is 7.57. The molecule has 1 aromatic rings. The van der Waals surface area contributed by atoms with E-state index in [2.05, 4.69) is 44.1 Å². The second kappa shape index (κ2) is 7.17. The number of carbonyl (C=O) groups excluding carboxylic acids is 1. The van der Waals surface area contributed by atoms with Crippen LogP contribution in [0, 0.1) is 12.8 Å². The van der Waals surface area contributed by atoms with Crippen LogP contribution in [0.4, 0.5) is 0 Å². The summed E-state index contributed by atoms with van der Waals surface area (Å²) in [6, 6.07) is 5.72. The van der Waals surface area contributed by atoms with Gasteiger partial charge in [0, 0.05) is 16.3 Å². The molecule has 1 amide bonds. The van der Waals surface area contributed by atoms with Crippen LogP contribution >= 0.6 is 31.9 Å². The van der Waals surface area contributed by atoms with Gasteiger partial charge in [0.2, 0.25) is 0 Å². The standard InChI is InChI=1S/C13H17Br2NO/c1-9(6-7-14)8-16-13(17)11-5-3-4-10(2)12(11)15/h3-5,9H,6-8H2,1-2H3,(H,16,17). The number of aryl methyl sites for hydroxylation is 1. The molecular weight excluding hydrogens is 346 g/mol. The summed E-state index contributed by atoms with van der Waals surface area (Å²) in [7, 11) is 0. The van der Waals surface area contributed by atoms with Crippen LogP contribution in [-0.2, 0) is 0 Å². The maximum atomic E-state index is 12.0. The summed E-state index contributed by atoms with van der Waals surface area (Å²) in [5.41, 5.74) is 1.78. The van der Waals surface area contributed by atoms with Gasteiger partial charge in [-0.2, -0.15) is 0 Å². The molecule has 1 atom stereocenters. The van der Waals surface area contributed by atoms with Crippen molar-refractivity contribution in [1.29, 1.82) is 0 Å². The maximum absolute atomic E-state index is 12.0. The Kier molecular flexibility index (Phi) is 6.20. The molecule has 94 valence electrons. The Morgan fingerprint density at radius 2 is 2.18 bits per heavy atom. The molecule has 2 nitrogen and oxygen atoms in total. The van der Waals surface area contributed by atoms with Gasteiger partial charge in [-0.3, -0.25) is 4.79 Å². The molecule has 0 aliphatic rings. The van der Waals surface area contributed by atoms with Gasteiger partial charge in [0.1, 0.15) is 0 Å². The van der Waals surface area contributed by atoms with E-state index in [1.165, 1.54) is 0 Å². The van der Waals surface area contributed by atoms with E-state index >= 15 is 0 Å². The van der Waals surface area contributed by atoms with Gasteiger partial charge >= 0.3 is 0 Å². The summed E-state index contributed by atoms with van der Waals surface area (Å²) < 4.78 is 0.880. The fourth-order valence-corrected chi connectivity index (χ4v) is 2.70. The fourth-order valence-electron chi connectivity index (χ4n) is 1.47. The van der Waals surface area contributed by atoms with Crippen LogP contribution in [0.2, 0.25) is 0 Å². The van der Waals surface area contributed by atoms with Gasteiger partial charge in [-0.1, -0.05) is 35.0 Å². The zero-order valence-electron chi connectivity index (χ0n) is 10.1. The van der Waals surface area contributed by atoms with Gasteiger partial charge in [0.15, 0.2) is 0 Å². The lowest BCUT2D eigenvalue weighted by atomic mass is 10.1. The number of amides is 1. The monoisotopic (exact) mass is 361 g/mol. The fraction of sp³-hybridized carbons (Fsp3) is 0.462. The van der Waals surface area contributed by atoms with Crippen LogP contribution in [0.3, 0.4) is 0 Å². The molecule has 0 bridgehead atoms. The second-order valence-corrected chi connectivity index (χ2v) is 5.82. The Morgan fingerprint density at radius 3 is 2.82 bits per heavy atom. The van der Waals surface area contributed by atoms with Crippen molar-refractivity contribution in [3.63, 3.8) is 0 Å². The summed E-state index contributed by atoms with van der Waals surface area (Å²) in [4.78, 5) is 12.0. The Labute approximate surface area is 119 Å². The van der Waals surface area contributed by atoms with Gasteiger partial charge in [-0.05, 0) is 46.8 Å². The Morgan fingerprint density at radius 1 is 1.47 bits per heavy atom. The van der Waals surface area contributed by atoms with Crippen molar-refractivity contribution in [2.24, 2.45) is 5.92 Å². The average molecular weight is 363 g/mol. The van der Waals surface area contributed by atoms with E-state index in [0.29, 0.717) is 18.0 Å². The molecule has 4 heteroatoms. The molecule has 0 fully saturated rings. The molecule has 0 spiro atoms. The molecule has 1 rings (SSSR count). The van der Waals surface area contributed by atoms with Crippen molar-refractivity contribution < 1.29 is 4.79 Å². The van der Waals surface area contributed by atoms with Gasteiger partial charge in [0.25, 0.3) is 5.91 Å². The highest BCUT2D eigenvalue weighted by Gasteiger charge is 2.11. The van der Waals surface area contributed by atoms with Crippen molar-refractivity contribution in [3.8, 4) is 0 Å². The summed E-state index contributed by atoms with van der Waals surface area (Å²) in [5, 5.41) is 3.93. The molecule has 1 unspecified atom stereocenters. The first-order chi connectivity index (χ1) is 8.06. The second-order valence-electron chi connectivity index (χ2n) is 4.23. The Bertz CT molecular complexity index is 393. The number of benzene rings is 1. The van der Waals surface area contributed by atoms with Crippen LogP contribution in [0.5, 0.6) is 0 Å². The molecule has 1 aromatic carbocycles. The van der Waals surface area contributed by atoms with Crippen LogP contribution in [0.25, 0.3) is 0 Å². The van der Waals surface area contributed by atoms with E-state index in [0.717, 1.165) is 21.8 Å². The summed E-state index contributed by atoms with van der Waals surface area (Å²) in [6.45, 7) is 4.83. The maximum Gasteiger partial charge on any atom is 0.252 e. The highest BCUT2D eigenvalue weighted by molar-refractivity contribution is 9.10. The smallest absolute Gasteiger partial charge is 0.252 e. The van der Waals surface area contributed by atoms with E-state index in [1.54, 1.807) is 0 Å².